The first-order valence-corrected chi connectivity index (χ1v) is 7.25. The number of rotatable bonds is 5. The van der Waals surface area contributed by atoms with Crippen LogP contribution in [0.3, 0.4) is 0 Å². The van der Waals surface area contributed by atoms with E-state index in [1.54, 1.807) is 0 Å². The number of likely N-dealkylation sites (N-methyl/N-ethyl adjacent to an activating group) is 1. The number of aryl methyl sites for hydroxylation is 1. The summed E-state index contributed by atoms with van der Waals surface area (Å²) in [5.74, 6) is -0.219. The van der Waals surface area contributed by atoms with E-state index in [1.165, 1.54) is 23.3 Å². The van der Waals surface area contributed by atoms with E-state index in [-0.39, 0.29) is 17.9 Å². The second-order valence-electron chi connectivity index (χ2n) is 5.70. The summed E-state index contributed by atoms with van der Waals surface area (Å²) in [6, 6.07) is 15.0. The van der Waals surface area contributed by atoms with Crippen LogP contribution in [0.4, 0.5) is 4.39 Å². The first kappa shape index (κ1) is 15.7. The third kappa shape index (κ3) is 3.90. The molecule has 21 heavy (non-hydrogen) atoms. The largest absolute Gasteiger partial charge is 0.326 e. The molecule has 3 heteroatoms. The predicted octanol–water partition coefficient (Wildman–Crippen LogP) is 3.65. The molecule has 0 saturated heterocycles. The van der Waals surface area contributed by atoms with Crippen LogP contribution in [0, 0.1) is 12.7 Å². The summed E-state index contributed by atoms with van der Waals surface area (Å²) in [5.41, 5.74) is 9.76. The van der Waals surface area contributed by atoms with Gasteiger partial charge in [0.1, 0.15) is 5.82 Å². The Kier molecular flexibility index (Phi) is 5.10. The number of nitrogens with zero attached hydrogens (tertiary/aromatic N) is 1. The van der Waals surface area contributed by atoms with Crippen molar-refractivity contribution in [2.45, 2.75) is 32.5 Å². The number of hydrogen-bond acceptors (Lipinski definition) is 2. The molecule has 0 spiro atoms. The maximum Gasteiger partial charge on any atom is 0.123 e. The Labute approximate surface area is 126 Å². The molecule has 0 radical (unpaired) electrons. The fraction of sp³-hybridized carbons (Fsp3) is 0.333. The van der Waals surface area contributed by atoms with Crippen LogP contribution < -0.4 is 5.73 Å². The number of hydrogen-bond donors (Lipinski definition) is 1. The van der Waals surface area contributed by atoms with Crippen molar-refractivity contribution in [3.63, 3.8) is 0 Å². The van der Waals surface area contributed by atoms with Gasteiger partial charge in [0.15, 0.2) is 0 Å². The smallest absolute Gasteiger partial charge is 0.123 e. The lowest BCUT2D eigenvalue weighted by molar-refractivity contribution is 0.210. The van der Waals surface area contributed by atoms with Crippen LogP contribution in [-0.2, 0) is 6.54 Å². The minimum absolute atomic E-state index is 0.0375. The molecule has 2 aromatic carbocycles. The molecule has 0 fully saturated rings. The molecule has 0 aromatic heterocycles. The lowest BCUT2D eigenvalue weighted by Crippen LogP contribution is -2.37. The Morgan fingerprint density at radius 3 is 2.29 bits per heavy atom. The molecule has 0 saturated carbocycles. The van der Waals surface area contributed by atoms with E-state index < -0.39 is 0 Å². The average Bonchev–Trinajstić information content (AvgIpc) is 2.43. The van der Waals surface area contributed by atoms with Gasteiger partial charge >= 0.3 is 0 Å². The van der Waals surface area contributed by atoms with Gasteiger partial charge in [-0.2, -0.15) is 0 Å². The summed E-state index contributed by atoms with van der Waals surface area (Å²) < 4.78 is 13.1. The standard InChI is InChI=1S/C18H23FN2/c1-13-6-4-5-7-16(13)12-21(3)18(14(2)20)15-8-10-17(19)11-9-15/h4-11,14,18H,12,20H2,1-3H3. The van der Waals surface area contributed by atoms with Crippen LogP contribution in [0.15, 0.2) is 48.5 Å². The van der Waals surface area contributed by atoms with Crippen LogP contribution in [-0.4, -0.2) is 18.0 Å². The Balaban J connectivity index is 2.22. The van der Waals surface area contributed by atoms with Gasteiger partial charge in [0.05, 0.1) is 0 Å². The first-order valence-electron chi connectivity index (χ1n) is 7.25. The molecule has 2 unspecified atom stereocenters. The highest BCUT2D eigenvalue weighted by Crippen LogP contribution is 2.25. The Morgan fingerprint density at radius 1 is 1.10 bits per heavy atom. The van der Waals surface area contributed by atoms with E-state index >= 15 is 0 Å². The van der Waals surface area contributed by atoms with Crippen molar-refractivity contribution in [1.29, 1.82) is 0 Å². The molecule has 0 aliphatic heterocycles. The minimum atomic E-state index is -0.219. The summed E-state index contributed by atoms with van der Waals surface area (Å²) in [5, 5.41) is 0. The van der Waals surface area contributed by atoms with Crippen LogP contribution in [0.25, 0.3) is 0 Å². The monoisotopic (exact) mass is 286 g/mol. The number of nitrogens with two attached hydrogens (primary N) is 1. The molecular formula is C18H23FN2. The van der Waals surface area contributed by atoms with Gasteiger partial charge in [0.25, 0.3) is 0 Å². The van der Waals surface area contributed by atoms with E-state index in [1.807, 2.05) is 25.1 Å². The molecule has 112 valence electrons. The summed E-state index contributed by atoms with van der Waals surface area (Å²) in [6.07, 6.45) is 0. The topological polar surface area (TPSA) is 29.3 Å². The number of halogens is 1. The van der Waals surface area contributed by atoms with Crippen molar-refractivity contribution >= 4 is 0 Å². The molecule has 2 atom stereocenters. The number of benzene rings is 2. The van der Waals surface area contributed by atoms with E-state index in [0.717, 1.165) is 12.1 Å². The zero-order chi connectivity index (χ0) is 15.4. The van der Waals surface area contributed by atoms with Crippen LogP contribution in [0.5, 0.6) is 0 Å². The van der Waals surface area contributed by atoms with Crippen molar-refractivity contribution < 1.29 is 4.39 Å². The molecule has 0 amide bonds. The van der Waals surface area contributed by atoms with Crippen LogP contribution >= 0.6 is 0 Å². The van der Waals surface area contributed by atoms with Crippen LogP contribution in [0.2, 0.25) is 0 Å². The average molecular weight is 286 g/mol. The summed E-state index contributed by atoms with van der Waals surface area (Å²) in [4.78, 5) is 2.22. The van der Waals surface area contributed by atoms with E-state index in [2.05, 4.69) is 37.1 Å². The molecule has 0 aliphatic carbocycles. The molecule has 0 aliphatic rings. The van der Waals surface area contributed by atoms with E-state index in [0.29, 0.717) is 0 Å². The van der Waals surface area contributed by atoms with Crippen molar-refractivity contribution in [3.8, 4) is 0 Å². The summed E-state index contributed by atoms with van der Waals surface area (Å²) in [7, 11) is 2.06. The van der Waals surface area contributed by atoms with Gasteiger partial charge in [0, 0.05) is 18.6 Å². The Bertz CT molecular complexity index is 578. The molecule has 2 rings (SSSR count). The lowest BCUT2D eigenvalue weighted by Gasteiger charge is -2.32. The van der Waals surface area contributed by atoms with Gasteiger partial charge in [-0.05, 0) is 49.7 Å². The maximum absolute atomic E-state index is 13.1. The highest BCUT2D eigenvalue weighted by molar-refractivity contribution is 5.26. The highest BCUT2D eigenvalue weighted by Gasteiger charge is 2.21. The van der Waals surface area contributed by atoms with Gasteiger partial charge in [-0.15, -0.1) is 0 Å². The van der Waals surface area contributed by atoms with Crippen LogP contribution in [0.1, 0.15) is 29.7 Å². The quantitative estimate of drug-likeness (QED) is 0.909. The highest BCUT2D eigenvalue weighted by atomic mass is 19.1. The van der Waals surface area contributed by atoms with Crippen molar-refractivity contribution in [3.05, 3.63) is 71.0 Å². The molecule has 2 nitrogen and oxygen atoms in total. The molecular weight excluding hydrogens is 263 g/mol. The van der Waals surface area contributed by atoms with E-state index in [4.69, 9.17) is 5.73 Å². The van der Waals surface area contributed by atoms with Crippen molar-refractivity contribution in [2.24, 2.45) is 5.73 Å². The molecule has 2 N–H and O–H groups in total. The lowest BCUT2D eigenvalue weighted by atomic mass is 9.98. The third-order valence-corrected chi connectivity index (χ3v) is 3.87. The second kappa shape index (κ2) is 6.83. The molecule has 0 heterocycles. The second-order valence-corrected chi connectivity index (χ2v) is 5.70. The molecule has 0 bridgehead atoms. The van der Waals surface area contributed by atoms with Crippen molar-refractivity contribution in [2.75, 3.05) is 7.05 Å². The minimum Gasteiger partial charge on any atom is -0.326 e. The SMILES string of the molecule is Cc1ccccc1CN(C)C(c1ccc(F)cc1)C(C)N. The van der Waals surface area contributed by atoms with Gasteiger partial charge in [-0.25, -0.2) is 4.39 Å². The van der Waals surface area contributed by atoms with Gasteiger partial charge in [0.2, 0.25) is 0 Å². The molecule has 2 aromatic rings. The van der Waals surface area contributed by atoms with E-state index in [9.17, 15) is 4.39 Å². The third-order valence-electron chi connectivity index (χ3n) is 3.87. The van der Waals surface area contributed by atoms with Gasteiger partial charge < -0.3 is 5.73 Å². The Morgan fingerprint density at radius 2 is 1.71 bits per heavy atom. The summed E-state index contributed by atoms with van der Waals surface area (Å²) >= 11 is 0. The first-order chi connectivity index (χ1) is 9.99. The fourth-order valence-electron chi connectivity index (χ4n) is 2.77. The van der Waals surface area contributed by atoms with Crippen molar-refractivity contribution in [1.82, 2.24) is 4.90 Å². The zero-order valence-corrected chi connectivity index (χ0v) is 12.9. The summed E-state index contributed by atoms with van der Waals surface area (Å²) in [6.45, 7) is 4.92. The van der Waals surface area contributed by atoms with Gasteiger partial charge in [-0.3, -0.25) is 4.90 Å². The predicted molar refractivity (Wildman–Crippen MR) is 85.4 cm³/mol. The maximum atomic E-state index is 13.1. The van der Waals surface area contributed by atoms with Gasteiger partial charge in [-0.1, -0.05) is 36.4 Å². The zero-order valence-electron chi connectivity index (χ0n) is 12.9. The fourth-order valence-corrected chi connectivity index (χ4v) is 2.77. The normalized spacial score (nSPS) is 14.2. The Hall–Kier alpha value is -1.71.